The van der Waals surface area contributed by atoms with Crippen molar-refractivity contribution in [3.63, 3.8) is 0 Å². The molecule has 1 atom stereocenters. The first-order valence-electron chi connectivity index (χ1n) is 6.17. The number of aliphatic carboxylic acids is 1. The number of amides is 1. The number of hydrogen-bond donors (Lipinski definition) is 3. The summed E-state index contributed by atoms with van der Waals surface area (Å²) < 4.78 is 0. The maximum Gasteiger partial charge on any atom is 0.327 e. The van der Waals surface area contributed by atoms with E-state index in [1.807, 2.05) is 18.2 Å². The number of para-hydroxylation sites is 1. The van der Waals surface area contributed by atoms with Gasteiger partial charge in [-0.05, 0) is 24.0 Å². The summed E-state index contributed by atoms with van der Waals surface area (Å²) in [5.41, 5.74) is 12.7. The average Bonchev–Trinajstić information content (AvgIpc) is 2.70. The van der Waals surface area contributed by atoms with Crippen LogP contribution < -0.4 is 16.4 Å². The van der Waals surface area contributed by atoms with Gasteiger partial charge in [0.05, 0.1) is 5.69 Å². The van der Waals surface area contributed by atoms with Crippen LogP contribution in [-0.4, -0.2) is 28.7 Å². The summed E-state index contributed by atoms with van der Waals surface area (Å²) in [6.45, 7) is 0. The molecule has 1 amide bonds. The van der Waals surface area contributed by atoms with Crippen LogP contribution in [0.1, 0.15) is 17.5 Å². The van der Waals surface area contributed by atoms with E-state index in [0.29, 0.717) is 24.9 Å². The highest BCUT2D eigenvalue weighted by Crippen LogP contribution is 2.39. The normalized spacial score (nSPS) is 24.0. The maximum atomic E-state index is 12.4. The number of anilines is 1. The lowest BCUT2D eigenvalue weighted by Crippen LogP contribution is -2.63. The maximum absolute atomic E-state index is 12.4. The lowest BCUT2D eigenvalue weighted by atomic mass is 9.99. The molecule has 0 aromatic heterocycles. The van der Waals surface area contributed by atoms with Gasteiger partial charge < -0.3 is 16.6 Å². The van der Waals surface area contributed by atoms with Crippen molar-refractivity contribution in [2.75, 3.05) is 4.90 Å². The molecule has 6 nitrogen and oxygen atoms in total. The first-order valence-corrected chi connectivity index (χ1v) is 6.17. The first kappa shape index (κ1) is 12.1. The van der Waals surface area contributed by atoms with Crippen LogP contribution in [0.15, 0.2) is 18.2 Å². The largest absolute Gasteiger partial charge is 0.480 e. The standard InChI is InChI=1S/C13H15N3O3/c14-13(15)5-4-7-2-1-3-8-6-9(11(17)18)16(10(7)8)12(13)19/h1-3,9H,4-6,14-15H2,(H,17,18)/t9-/m0/s1. The summed E-state index contributed by atoms with van der Waals surface area (Å²) in [7, 11) is 0. The SMILES string of the molecule is NC1(N)CCc2cccc3c2N(C1=O)[C@H](C(=O)O)C3. The molecule has 0 bridgehead atoms. The first-order chi connectivity index (χ1) is 8.92. The van der Waals surface area contributed by atoms with Crippen molar-refractivity contribution in [2.45, 2.75) is 31.0 Å². The Labute approximate surface area is 110 Å². The number of carbonyl (C=O) groups is 2. The van der Waals surface area contributed by atoms with Crippen molar-refractivity contribution in [3.05, 3.63) is 29.3 Å². The highest BCUT2D eigenvalue weighted by atomic mass is 16.4. The topological polar surface area (TPSA) is 110 Å². The average molecular weight is 261 g/mol. The van der Waals surface area contributed by atoms with Crippen LogP contribution >= 0.6 is 0 Å². The van der Waals surface area contributed by atoms with Gasteiger partial charge in [0.1, 0.15) is 11.7 Å². The number of benzene rings is 1. The second-order valence-electron chi connectivity index (χ2n) is 5.20. The van der Waals surface area contributed by atoms with Crippen molar-refractivity contribution in [1.82, 2.24) is 0 Å². The zero-order valence-electron chi connectivity index (χ0n) is 10.3. The zero-order chi connectivity index (χ0) is 13.8. The minimum atomic E-state index is -1.51. The molecule has 6 heteroatoms. The van der Waals surface area contributed by atoms with E-state index in [-0.39, 0.29) is 0 Å². The monoisotopic (exact) mass is 261 g/mol. The number of carboxylic acids is 1. The molecule has 5 N–H and O–H groups in total. The number of rotatable bonds is 1. The predicted molar refractivity (Wildman–Crippen MR) is 68.5 cm³/mol. The van der Waals surface area contributed by atoms with Crippen LogP contribution in [0, 0.1) is 0 Å². The van der Waals surface area contributed by atoms with Gasteiger partial charge in [0.15, 0.2) is 0 Å². The van der Waals surface area contributed by atoms with E-state index in [1.54, 1.807) is 0 Å². The lowest BCUT2D eigenvalue weighted by Gasteiger charge is -2.29. The molecule has 0 aliphatic carbocycles. The van der Waals surface area contributed by atoms with Crippen molar-refractivity contribution >= 4 is 17.6 Å². The zero-order valence-corrected chi connectivity index (χ0v) is 10.3. The number of nitrogens with two attached hydrogens (primary N) is 2. The van der Waals surface area contributed by atoms with Crippen LogP contribution in [0.4, 0.5) is 5.69 Å². The molecular formula is C13H15N3O3. The Hall–Kier alpha value is -1.92. The van der Waals surface area contributed by atoms with E-state index in [9.17, 15) is 14.7 Å². The highest BCUT2D eigenvalue weighted by molar-refractivity contribution is 6.07. The van der Waals surface area contributed by atoms with Gasteiger partial charge >= 0.3 is 5.97 Å². The molecule has 3 rings (SSSR count). The van der Waals surface area contributed by atoms with Crippen LogP contribution in [0.3, 0.4) is 0 Å². The number of nitrogens with zero attached hydrogens (tertiary/aromatic N) is 1. The van der Waals surface area contributed by atoms with E-state index in [2.05, 4.69) is 0 Å². The van der Waals surface area contributed by atoms with Crippen LogP contribution in [0.5, 0.6) is 0 Å². The molecule has 0 saturated heterocycles. The third-order valence-corrected chi connectivity index (χ3v) is 3.88. The molecular weight excluding hydrogens is 246 g/mol. The molecule has 100 valence electrons. The van der Waals surface area contributed by atoms with Crippen molar-refractivity contribution in [2.24, 2.45) is 11.5 Å². The minimum Gasteiger partial charge on any atom is -0.480 e. The molecule has 0 spiro atoms. The van der Waals surface area contributed by atoms with Gasteiger partial charge in [0.25, 0.3) is 5.91 Å². The van der Waals surface area contributed by atoms with E-state index >= 15 is 0 Å². The molecule has 0 radical (unpaired) electrons. The fourth-order valence-electron chi connectivity index (χ4n) is 2.89. The van der Waals surface area contributed by atoms with E-state index < -0.39 is 23.6 Å². The fraction of sp³-hybridized carbons (Fsp3) is 0.385. The lowest BCUT2D eigenvalue weighted by molar-refractivity contribution is -0.140. The second-order valence-corrected chi connectivity index (χ2v) is 5.20. The summed E-state index contributed by atoms with van der Waals surface area (Å²) in [6, 6.07) is 4.71. The Morgan fingerprint density at radius 1 is 1.37 bits per heavy atom. The van der Waals surface area contributed by atoms with Gasteiger partial charge in [-0.25, -0.2) is 4.79 Å². The van der Waals surface area contributed by atoms with Gasteiger partial charge in [0.2, 0.25) is 0 Å². The molecule has 0 fully saturated rings. The van der Waals surface area contributed by atoms with Crippen LogP contribution in [0.25, 0.3) is 0 Å². The van der Waals surface area contributed by atoms with E-state index in [0.717, 1.165) is 11.1 Å². The number of carbonyl (C=O) groups excluding carboxylic acids is 1. The van der Waals surface area contributed by atoms with E-state index in [1.165, 1.54) is 4.90 Å². The number of aryl methyl sites for hydroxylation is 1. The summed E-state index contributed by atoms with van der Waals surface area (Å²) >= 11 is 0. The molecule has 1 aromatic rings. The molecule has 19 heavy (non-hydrogen) atoms. The van der Waals surface area contributed by atoms with Gasteiger partial charge in [-0.2, -0.15) is 0 Å². The molecule has 2 aliphatic rings. The van der Waals surface area contributed by atoms with Crippen molar-refractivity contribution in [3.8, 4) is 0 Å². The third-order valence-electron chi connectivity index (χ3n) is 3.88. The Balaban J connectivity index is 2.20. The Morgan fingerprint density at radius 2 is 2.05 bits per heavy atom. The fourth-order valence-corrected chi connectivity index (χ4v) is 2.89. The quantitative estimate of drug-likeness (QED) is 0.595. The molecule has 0 unspecified atom stereocenters. The van der Waals surface area contributed by atoms with Gasteiger partial charge in [-0.1, -0.05) is 18.2 Å². The summed E-state index contributed by atoms with van der Waals surface area (Å²) in [6.07, 6.45) is 1.19. The number of hydrogen-bond acceptors (Lipinski definition) is 4. The van der Waals surface area contributed by atoms with Crippen LogP contribution in [-0.2, 0) is 22.4 Å². The second kappa shape index (κ2) is 3.79. The Morgan fingerprint density at radius 3 is 2.74 bits per heavy atom. The van der Waals surface area contributed by atoms with E-state index in [4.69, 9.17) is 11.5 Å². The molecule has 2 heterocycles. The Bertz CT molecular complexity index is 582. The Kier molecular flexibility index (Phi) is 2.42. The summed E-state index contributed by atoms with van der Waals surface area (Å²) in [5.74, 6) is -1.54. The third kappa shape index (κ3) is 1.64. The molecule has 0 saturated carbocycles. The van der Waals surface area contributed by atoms with Crippen molar-refractivity contribution < 1.29 is 14.7 Å². The predicted octanol–water partition coefficient (Wildman–Crippen LogP) is -0.411. The molecule has 2 aliphatic heterocycles. The van der Waals surface area contributed by atoms with Gasteiger partial charge in [-0.15, -0.1) is 0 Å². The van der Waals surface area contributed by atoms with Crippen molar-refractivity contribution in [1.29, 1.82) is 0 Å². The highest BCUT2D eigenvalue weighted by Gasteiger charge is 2.47. The number of carboxylic acid groups (broad SMARTS) is 1. The minimum absolute atomic E-state index is 0.306. The molecule has 1 aromatic carbocycles. The smallest absolute Gasteiger partial charge is 0.327 e. The van der Waals surface area contributed by atoms with Gasteiger partial charge in [0, 0.05) is 6.42 Å². The summed E-state index contributed by atoms with van der Waals surface area (Å²) in [5, 5.41) is 9.31. The van der Waals surface area contributed by atoms with Crippen LogP contribution in [0.2, 0.25) is 0 Å². The summed E-state index contributed by atoms with van der Waals surface area (Å²) in [4.78, 5) is 25.1. The van der Waals surface area contributed by atoms with Gasteiger partial charge in [-0.3, -0.25) is 9.69 Å².